The summed E-state index contributed by atoms with van der Waals surface area (Å²) in [6.07, 6.45) is 2.20. The Morgan fingerprint density at radius 3 is 2.76 bits per heavy atom. The quantitative estimate of drug-likeness (QED) is 0.763. The maximum atomic E-state index is 12.4. The second kappa shape index (κ2) is 8.13. The third-order valence-electron chi connectivity index (χ3n) is 4.37. The zero-order chi connectivity index (χ0) is 17.8. The molecule has 1 amide bonds. The topological polar surface area (TPSA) is 96.8 Å². The molecular weight excluding hydrogens is 360 g/mol. The van der Waals surface area contributed by atoms with Gasteiger partial charge >= 0.3 is 5.69 Å². The molecule has 8 nitrogen and oxygen atoms in total. The van der Waals surface area contributed by atoms with E-state index in [0.717, 1.165) is 46.9 Å². The van der Waals surface area contributed by atoms with Crippen LogP contribution in [0.5, 0.6) is 0 Å². The molecule has 1 aliphatic rings. The van der Waals surface area contributed by atoms with Crippen LogP contribution in [-0.4, -0.2) is 54.6 Å². The molecule has 1 fully saturated rings. The summed E-state index contributed by atoms with van der Waals surface area (Å²) in [5.74, 6) is 1.97. The fourth-order valence-corrected chi connectivity index (χ4v) is 4.87. The third-order valence-corrected chi connectivity index (χ3v) is 6.34. The van der Waals surface area contributed by atoms with Gasteiger partial charge in [-0.15, -0.1) is 10.2 Å². The molecule has 3 rings (SSSR count). The SMILES string of the molecule is CCn1c(C2CCN(C(=O)CCSc3nnc(C)s3)CC2)n[nH]c1=O. The summed E-state index contributed by atoms with van der Waals surface area (Å²) in [6.45, 7) is 5.92. The Morgan fingerprint density at radius 2 is 2.12 bits per heavy atom. The summed E-state index contributed by atoms with van der Waals surface area (Å²) in [5, 5.41) is 15.7. The highest BCUT2D eigenvalue weighted by Gasteiger charge is 2.27. The van der Waals surface area contributed by atoms with Crippen LogP contribution in [0.15, 0.2) is 9.13 Å². The van der Waals surface area contributed by atoms with Gasteiger partial charge in [0, 0.05) is 37.7 Å². The van der Waals surface area contributed by atoms with Crippen molar-refractivity contribution in [3.63, 3.8) is 0 Å². The van der Waals surface area contributed by atoms with E-state index >= 15 is 0 Å². The van der Waals surface area contributed by atoms with E-state index in [-0.39, 0.29) is 17.5 Å². The highest BCUT2D eigenvalue weighted by atomic mass is 32.2. The van der Waals surface area contributed by atoms with Crippen molar-refractivity contribution in [1.82, 2.24) is 29.9 Å². The maximum absolute atomic E-state index is 12.4. The van der Waals surface area contributed by atoms with Crippen molar-refractivity contribution in [2.45, 2.75) is 49.9 Å². The van der Waals surface area contributed by atoms with Crippen molar-refractivity contribution in [3.05, 3.63) is 21.3 Å². The Hall–Kier alpha value is -1.68. The summed E-state index contributed by atoms with van der Waals surface area (Å²) in [6, 6.07) is 0. The van der Waals surface area contributed by atoms with Crippen molar-refractivity contribution in [2.24, 2.45) is 0 Å². The standard InChI is InChI=1S/C15H22N6O2S2/c1-3-21-13(17-18-14(21)23)11-4-7-20(8-5-11)12(22)6-9-24-15-19-16-10(2)25-15/h11H,3-9H2,1-2H3,(H,18,23). The van der Waals surface area contributed by atoms with Gasteiger partial charge in [-0.1, -0.05) is 23.1 Å². The average Bonchev–Trinajstić information content (AvgIpc) is 3.20. The zero-order valence-corrected chi connectivity index (χ0v) is 16.0. The van der Waals surface area contributed by atoms with E-state index < -0.39 is 0 Å². The molecule has 136 valence electrons. The number of hydrogen-bond acceptors (Lipinski definition) is 7. The van der Waals surface area contributed by atoms with E-state index in [2.05, 4.69) is 20.4 Å². The molecule has 0 radical (unpaired) electrons. The van der Waals surface area contributed by atoms with Gasteiger partial charge in [0.05, 0.1) is 0 Å². The average molecular weight is 383 g/mol. The largest absolute Gasteiger partial charge is 0.343 e. The number of carbonyl (C=O) groups excluding carboxylic acids is 1. The molecule has 1 N–H and O–H groups in total. The number of nitrogens with one attached hydrogen (secondary N) is 1. The molecule has 0 saturated carbocycles. The smallest absolute Gasteiger partial charge is 0.343 e. The first-order valence-electron chi connectivity index (χ1n) is 8.44. The number of aromatic amines is 1. The predicted octanol–water partition coefficient (Wildman–Crippen LogP) is 1.64. The van der Waals surface area contributed by atoms with Crippen molar-refractivity contribution in [3.8, 4) is 0 Å². The number of thioether (sulfide) groups is 1. The maximum Gasteiger partial charge on any atom is 0.343 e. The van der Waals surface area contributed by atoms with Gasteiger partial charge in [-0.3, -0.25) is 9.36 Å². The van der Waals surface area contributed by atoms with Gasteiger partial charge < -0.3 is 4.90 Å². The lowest BCUT2D eigenvalue weighted by atomic mass is 9.95. The molecule has 0 bridgehead atoms. The first-order chi connectivity index (χ1) is 12.1. The van der Waals surface area contributed by atoms with Crippen LogP contribution in [0.2, 0.25) is 0 Å². The lowest BCUT2D eigenvalue weighted by Gasteiger charge is -2.31. The number of rotatable bonds is 6. The zero-order valence-electron chi connectivity index (χ0n) is 14.4. The van der Waals surface area contributed by atoms with Gasteiger partial charge in [-0.05, 0) is 26.7 Å². The molecular formula is C15H22N6O2S2. The molecule has 0 aliphatic carbocycles. The normalized spacial score (nSPS) is 15.7. The van der Waals surface area contributed by atoms with E-state index in [1.165, 1.54) is 0 Å². The summed E-state index contributed by atoms with van der Waals surface area (Å²) in [7, 11) is 0. The summed E-state index contributed by atoms with van der Waals surface area (Å²) in [4.78, 5) is 26.0. The van der Waals surface area contributed by atoms with Crippen molar-refractivity contribution in [1.29, 1.82) is 0 Å². The first-order valence-corrected chi connectivity index (χ1v) is 10.2. The second-order valence-electron chi connectivity index (χ2n) is 5.97. The molecule has 10 heteroatoms. The minimum atomic E-state index is -0.153. The lowest BCUT2D eigenvalue weighted by molar-refractivity contribution is -0.131. The van der Waals surface area contributed by atoms with Crippen LogP contribution in [-0.2, 0) is 11.3 Å². The Labute approximate surface area is 154 Å². The fraction of sp³-hybridized carbons (Fsp3) is 0.667. The molecule has 1 saturated heterocycles. The van der Waals surface area contributed by atoms with Gasteiger partial charge in [0.2, 0.25) is 5.91 Å². The van der Waals surface area contributed by atoms with Crippen LogP contribution in [0.1, 0.15) is 42.9 Å². The molecule has 3 heterocycles. The van der Waals surface area contributed by atoms with Gasteiger partial charge in [0.25, 0.3) is 0 Å². The summed E-state index contributed by atoms with van der Waals surface area (Å²) < 4.78 is 2.60. The molecule has 1 aliphatic heterocycles. The number of H-pyrrole nitrogens is 1. The Balaban J connectivity index is 1.46. The van der Waals surface area contributed by atoms with Crippen molar-refractivity contribution >= 4 is 29.0 Å². The lowest BCUT2D eigenvalue weighted by Crippen LogP contribution is -2.38. The van der Waals surface area contributed by atoms with Crippen molar-refractivity contribution < 1.29 is 4.79 Å². The number of nitrogens with zero attached hydrogens (tertiary/aromatic N) is 5. The number of amides is 1. The van der Waals surface area contributed by atoms with Crippen LogP contribution in [0.4, 0.5) is 0 Å². The summed E-state index contributed by atoms with van der Waals surface area (Å²) >= 11 is 3.14. The first kappa shape index (κ1) is 18.1. The van der Waals surface area contributed by atoms with Crippen LogP contribution in [0.3, 0.4) is 0 Å². The van der Waals surface area contributed by atoms with Crippen LogP contribution in [0, 0.1) is 6.92 Å². The van der Waals surface area contributed by atoms with E-state index in [1.807, 2.05) is 18.7 Å². The molecule has 0 atom stereocenters. The Bertz CT molecular complexity index is 775. The predicted molar refractivity (Wildman–Crippen MR) is 97.1 cm³/mol. The van der Waals surface area contributed by atoms with Crippen LogP contribution >= 0.6 is 23.1 Å². The molecule has 0 unspecified atom stereocenters. The minimum absolute atomic E-state index is 0.153. The fourth-order valence-electron chi connectivity index (χ4n) is 3.05. The van der Waals surface area contributed by atoms with Gasteiger partial charge in [0.1, 0.15) is 10.8 Å². The highest BCUT2D eigenvalue weighted by molar-refractivity contribution is 8.01. The van der Waals surface area contributed by atoms with E-state index in [1.54, 1.807) is 27.7 Å². The Kier molecular flexibility index (Phi) is 5.89. The number of aryl methyl sites for hydroxylation is 1. The monoisotopic (exact) mass is 382 g/mol. The number of likely N-dealkylation sites (tertiary alicyclic amines) is 1. The molecule has 0 spiro atoms. The van der Waals surface area contributed by atoms with Crippen LogP contribution in [0.25, 0.3) is 0 Å². The molecule has 2 aromatic heterocycles. The third kappa shape index (κ3) is 4.30. The summed E-state index contributed by atoms with van der Waals surface area (Å²) in [5.41, 5.74) is -0.153. The minimum Gasteiger partial charge on any atom is -0.343 e. The molecule has 2 aromatic rings. The molecule has 25 heavy (non-hydrogen) atoms. The van der Waals surface area contributed by atoms with Crippen molar-refractivity contribution in [2.75, 3.05) is 18.8 Å². The van der Waals surface area contributed by atoms with E-state index in [0.29, 0.717) is 13.0 Å². The number of carbonyl (C=O) groups is 1. The number of piperidine rings is 1. The van der Waals surface area contributed by atoms with Gasteiger partial charge in [-0.25, -0.2) is 9.89 Å². The Morgan fingerprint density at radius 1 is 1.36 bits per heavy atom. The number of aromatic nitrogens is 5. The second-order valence-corrected chi connectivity index (χ2v) is 8.50. The van der Waals surface area contributed by atoms with Gasteiger partial charge in [-0.2, -0.15) is 5.10 Å². The van der Waals surface area contributed by atoms with Gasteiger partial charge in [0.15, 0.2) is 4.34 Å². The van der Waals surface area contributed by atoms with E-state index in [4.69, 9.17) is 0 Å². The highest BCUT2D eigenvalue weighted by Crippen LogP contribution is 2.27. The number of hydrogen-bond donors (Lipinski definition) is 1. The molecule has 0 aromatic carbocycles. The van der Waals surface area contributed by atoms with Crippen LogP contribution < -0.4 is 5.69 Å². The van der Waals surface area contributed by atoms with E-state index in [9.17, 15) is 9.59 Å².